The molecule has 1 amide bonds. The van der Waals surface area contributed by atoms with Crippen LogP contribution in [-0.4, -0.2) is 43.9 Å². The first-order valence-electron chi connectivity index (χ1n) is 6.34. The first kappa shape index (κ1) is 16.3. The maximum Gasteiger partial charge on any atom is 0.408 e. The van der Waals surface area contributed by atoms with Gasteiger partial charge in [-0.1, -0.05) is 0 Å². The van der Waals surface area contributed by atoms with Crippen molar-refractivity contribution in [3.63, 3.8) is 0 Å². The predicted octanol–water partition coefficient (Wildman–Crippen LogP) is 0.862. The molecule has 0 aromatic rings. The number of carbonyl (C=O) groups excluding carboxylic acids is 3. The van der Waals surface area contributed by atoms with Crippen molar-refractivity contribution in [2.75, 3.05) is 14.2 Å². The zero-order valence-corrected chi connectivity index (χ0v) is 12.4. The first-order valence-corrected chi connectivity index (χ1v) is 6.34. The van der Waals surface area contributed by atoms with Crippen LogP contribution < -0.4 is 5.32 Å². The average Bonchev–Trinajstić information content (AvgIpc) is 3.11. The van der Waals surface area contributed by atoms with Crippen LogP contribution in [0.15, 0.2) is 0 Å². The number of hydrogen-bond donors (Lipinski definition) is 1. The molecule has 1 N–H and O–H groups in total. The van der Waals surface area contributed by atoms with E-state index in [4.69, 9.17) is 4.74 Å². The summed E-state index contributed by atoms with van der Waals surface area (Å²) in [7, 11) is 2.51. The fourth-order valence-corrected chi connectivity index (χ4v) is 1.91. The maximum absolute atomic E-state index is 11.7. The van der Waals surface area contributed by atoms with Gasteiger partial charge in [-0.2, -0.15) is 0 Å². The van der Waals surface area contributed by atoms with Crippen molar-refractivity contribution >= 4 is 18.0 Å². The number of carbonyl (C=O) groups is 3. The summed E-state index contributed by atoms with van der Waals surface area (Å²) >= 11 is 0. The van der Waals surface area contributed by atoms with Crippen LogP contribution in [0.5, 0.6) is 0 Å². The number of esters is 2. The zero-order valence-electron chi connectivity index (χ0n) is 12.4. The van der Waals surface area contributed by atoms with E-state index in [1.165, 1.54) is 14.2 Å². The Balaban J connectivity index is 2.66. The van der Waals surface area contributed by atoms with Crippen molar-refractivity contribution in [3.05, 3.63) is 0 Å². The Morgan fingerprint density at radius 2 is 1.75 bits per heavy atom. The third kappa shape index (κ3) is 4.40. The van der Waals surface area contributed by atoms with Crippen molar-refractivity contribution in [2.45, 2.75) is 38.8 Å². The SMILES string of the molecule is COC(=O)C1CC1C(NC(=O)OC(C)(C)C)C(=O)OC. The molecule has 0 radical (unpaired) electrons. The van der Waals surface area contributed by atoms with E-state index >= 15 is 0 Å². The number of amides is 1. The topological polar surface area (TPSA) is 90.9 Å². The van der Waals surface area contributed by atoms with Crippen molar-refractivity contribution in [1.29, 1.82) is 0 Å². The predicted molar refractivity (Wildman–Crippen MR) is 68.8 cm³/mol. The minimum Gasteiger partial charge on any atom is -0.469 e. The van der Waals surface area contributed by atoms with E-state index in [0.29, 0.717) is 6.42 Å². The molecular formula is C13H21NO6. The van der Waals surface area contributed by atoms with Crippen LogP contribution in [0.1, 0.15) is 27.2 Å². The van der Waals surface area contributed by atoms with Crippen LogP contribution in [0.4, 0.5) is 4.79 Å². The van der Waals surface area contributed by atoms with E-state index < -0.39 is 29.7 Å². The number of nitrogens with one attached hydrogen (secondary N) is 1. The van der Waals surface area contributed by atoms with Crippen LogP contribution in [0, 0.1) is 11.8 Å². The van der Waals surface area contributed by atoms with Gasteiger partial charge in [0, 0.05) is 5.92 Å². The van der Waals surface area contributed by atoms with Crippen molar-refractivity contribution in [1.82, 2.24) is 5.32 Å². The highest BCUT2D eigenvalue weighted by atomic mass is 16.6. The second-order valence-electron chi connectivity index (χ2n) is 5.68. The lowest BCUT2D eigenvalue weighted by atomic mass is 10.1. The normalized spacial score (nSPS) is 22.4. The molecule has 1 aliphatic carbocycles. The minimum absolute atomic E-state index is 0.317. The summed E-state index contributed by atoms with van der Waals surface area (Å²) < 4.78 is 14.4. The highest BCUT2D eigenvalue weighted by Gasteiger charge is 2.52. The average molecular weight is 287 g/mol. The standard InChI is InChI=1S/C13H21NO6/c1-13(2,3)20-12(17)14-9(11(16)19-5)7-6-8(7)10(15)18-4/h7-9H,6H2,1-5H3,(H,14,17). The Morgan fingerprint density at radius 3 is 2.20 bits per heavy atom. The van der Waals surface area contributed by atoms with E-state index in [1.807, 2.05) is 0 Å². The molecule has 0 aromatic heterocycles. The molecule has 0 spiro atoms. The van der Waals surface area contributed by atoms with Crippen LogP contribution in [0.2, 0.25) is 0 Å². The summed E-state index contributed by atoms with van der Waals surface area (Å²) in [5, 5.41) is 2.45. The monoisotopic (exact) mass is 287 g/mol. The van der Waals surface area contributed by atoms with Crippen molar-refractivity contribution in [2.24, 2.45) is 11.8 Å². The van der Waals surface area contributed by atoms with Gasteiger partial charge in [0.05, 0.1) is 20.1 Å². The van der Waals surface area contributed by atoms with E-state index in [2.05, 4.69) is 14.8 Å². The molecule has 0 aromatic carbocycles. The number of methoxy groups -OCH3 is 2. The van der Waals surface area contributed by atoms with Gasteiger partial charge in [-0.15, -0.1) is 0 Å². The molecule has 1 fully saturated rings. The van der Waals surface area contributed by atoms with Gasteiger partial charge in [-0.25, -0.2) is 9.59 Å². The van der Waals surface area contributed by atoms with Crippen LogP contribution in [0.3, 0.4) is 0 Å². The van der Waals surface area contributed by atoms with Crippen LogP contribution in [0.25, 0.3) is 0 Å². The van der Waals surface area contributed by atoms with E-state index in [-0.39, 0.29) is 11.8 Å². The van der Waals surface area contributed by atoms with Crippen molar-refractivity contribution < 1.29 is 28.6 Å². The van der Waals surface area contributed by atoms with Gasteiger partial charge in [0.1, 0.15) is 11.6 Å². The summed E-state index contributed by atoms with van der Waals surface area (Å²) in [4.78, 5) is 34.8. The van der Waals surface area contributed by atoms with Gasteiger partial charge in [0.15, 0.2) is 0 Å². The highest BCUT2D eigenvalue weighted by Crippen LogP contribution is 2.42. The molecule has 0 saturated heterocycles. The van der Waals surface area contributed by atoms with Gasteiger partial charge in [0.25, 0.3) is 0 Å². The Labute approximate surface area is 117 Å². The summed E-state index contributed by atoms with van der Waals surface area (Å²) in [6.07, 6.45) is -0.245. The zero-order chi connectivity index (χ0) is 15.5. The summed E-state index contributed by atoms with van der Waals surface area (Å²) in [6, 6.07) is -0.904. The second-order valence-corrected chi connectivity index (χ2v) is 5.68. The Hall–Kier alpha value is -1.79. The first-order chi connectivity index (χ1) is 9.19. The molecule has 7 nitrogen and oxygen atoms in total. The largest absolute Gasteiger partial charge is 0.469 e. The molecule has 0 heterocycles. The smallest absolute Gasteiger partial charge is 0.408 e. The maximum atomic E-state index is 11.7. The summed E-state index contributed by atoms with van der Waals surface area (Å²) in [5.41, 5.74) is -0.671. The lowest BCUT2D eigenvalue weighted by molar-refractivity contribution is -0.145. The fourth-order valence-electron chi connectivity index (χ4n) is 1.91. The molecule has 20 heavy (non-hydrogen) atoms. The third-order valence-corrected chi connectivity index (χ3v) is 2.90. The Morgan fingerprint density at radius 1 is 1.15 bits per heavy atom. The second kappa shape index (κ2) is 6.11. The molecule has 3 atom stereocenters. The third-order valence-electron chi connectivity index (χ3n) is 2.90. The number of hydrogen-bond acceptors (Lipinski definition) is 6. The van der Waals surface area contributed by atoms with Gasteiger partial charge < -0.3 is 19.5 Å². The lowest BCUT2D eigenvalue weighted by Gasteiger charge is -2.22. The highest BCUT2D eigenvalue weighted by molar-refractivity contribution is 5.85. The molecule has 0 aliphatic heterocycles. The molecule has 1 saturated carbocycles. The Bertz CT molecular complexity index is 400. The molecule has 1 rings (SSSR count). The van der Waals surface area contributed by atoms with E-state index in [0.717, 1.165) is 0 Å². The van der Waals surface area contributed by atoms with Gasteiger partial charge in [-0.05, 0) is 27.2 Å². The molecule has 1 aliphatic rings. The number of ether oxygens (including phenoxy) is 3. The van der Waals surface area contributed by atoms with Gasteiger partial charge in [-0.3, -0.25) is 4.79 Å². The van der Waals surface area contributed by atoms with Gasteiger partial charge in [0.2, 0.25) is 0 Å². The summed E-state index contributed by atoms with van der Waals surface area (Å²) in [6.45, 7) is 5.15. The number of rotatable bonds is 4. The molecule has 7 heteroatoms. The Kier molecular flexibility index (Phi) is 4.97. The molecule has 114 valence electrons. The molecule has 3 unspecified atom stereocenters. The van der Waals surface area contributed by atoms with Crippen molar-refractivity contribution in [3.8, 4) is 0 Å². The molecule has 0 bridgehead atoms. The molecular weight excluding hydrogens is 266 g/mol. The fraction of sp³-hybridized carbons (Fsp3) is 0.769. The van der Waals surface area contributed by atoms with Crippen LogP contribution >= 0.6 is 0 Å². The van der Waals surface area contributed by atoms with E-state index in [1.54, 1.807) is 20.8 Å². The van der Waals surface area contributed by atoms with E-state index in [9.17, 15) is 14.4 Å². The minimum atomic E-state index is -0.904. The van der Waals surface area contributed by atoms with Gasteiger partial charge >= 0.3 is 18.0 Å². The quantitative estimate of drug-likeness (QED) is 0.609. The number of alkyl carbamates (subject to hydrolysis) is 1. The summed E-state index contributed by atoms with van der Waals surface area (Å²) in [5.74, 6) is -1.70. The van der Waals surface area contributed by atoms with Crippen LogP contribution in [-0.2, 0) is 23.8 Å². The lowest BCUT2D eigenvalue weighted by Crippen LogP contribution is -2.46.